The Labute approximate surface area is 99.4 Å². The number of carbonyl (C=O) groups is 1. The van der Waals surface area contributed by atoms with E-state index in [2.05, 4.69) is 10.2 Å². The molecule has 1 heterocycles. The molecule has 1 unspecified atom stereocenters. The third-order valence-electron chi connectivity index (χ3n) is 2.61. The largest absolute Gasteiger partial charge is 0.481 e. The van der Waals surface area contributed by atoms with E-state index in [1.807, 2.05) is 0 Å². The highest BCUT2D eigenvalue weighted by atomic mass is 19.4. The van der Waals surface area contributed by atoms with Crippen LogP contribution >= 0.6 is 0 Å². The smallest absolute Gasteiger partial charge is 0.397 e. The fourth-order valence-electron chi connectivity index (χ4n) is 1.80. The Hall–Kier alpha value is -2.05. The first-order valence-corrected chi connectivity index (χ1v) is 5.11. The van der Waals surface area contributed by atoms with Gasteiger partial charge in [-0.3, -0.25) is 9.89 Å². The molecule has 0 saturated heterocycles. The number of hydrogen-bond donors (Lipinski definition) is 2. The Morgan fingerprint density at radius 1 is 1.39 bits per heavy atom. The molecule has 0 aliphatic rings. The van der Waals surface area contributed by atoms with Crippen LogP contribution in [0.4, 0.5) is 13.2 Å². The fraction of sp³-hybridized carbons (Fsp3) is 0.273. The van der Waals surface area contributed by atoms with Crippen molar-refractivity contribution in [1.82, 2.24) is 10.2 Å². The van der Waals surface area contributed by atoms with Crippen LogP contribution in [0.5, 0.6) is 0 Å². The molecule has 2 N–H and O–H groups in total. The Bertz CT molecular complexity index is 577. The lowest BCUT2D eigenvalue weighted by atomic mass is 9.98. The molecule has 0 bridgehead atoms. The molecule has 1 aromatic heterocycles. The highest BCUT2D eigenvalue weighted by molar-refractivity contribution is 5.82. The number of fused-ring (bicyclic) bond motifs is 1. The van der Waals surface area contributed by atoms with E-state index < -0.39 is 24.5 Å². The van der Waals surface area contributed by atoms with Gasteiger partial charge in [0.15, 0.2) is 0 Å². The molecule has 18 heavy (non-hydrogen) atoms. The van der Waals surface area contributed by atoms with Crippen molar-refractivity contribution < 1.29 is 23.1 Å². The molecule has 4 nitrogen and oxygen atoms in total. The van der Waals surface area contributed by atoms with E-state index in [-0.39, 0.29) is 5.69 Å². The van der Waals surface area contributed by atoms with E-state index in [1.54, 1.807) is 18.2 Å². The van der Waals surface area contributed by atoms with Crippen LogP contribution in [0.15, 0.2) is 24.3 Å². The molecule has 1 atom stereocenters. The zero-order valence-corrected chi connectivity index (χ0v) is 9.03. The molecule has 0 aliphatic heterocycles. The summed E-state index contributed by atoms with van der Waals surface area (Å²) in [6.45, 7) is 0. The van der Waals surface area contributed by atoms with Crippen molar-refractivity contribution >= 4 is 16.9 Å². The molecule has 96 valence electrons. The van der Waals surface area contributed by atoms with Crippen LogP contribution in [0.3, 0.4) is 0 Å². The Morgan fingerprint density at radius 2 is 2.06 bits per heavy atom. The third-order valence-corrected chi connectivity index (χ3v) is 2.61. The number of nitrogens with one attached hydrogen (secondary N) is 1. The van der Waals surface area contributed by atoms with Crippen molar-refractivity contribution in [3.8, 4) is 0 Å². The van der Waals surface area contributed by atoms with Crippen molar-refractivity contribution in [1.29, 1.82) is 0 Å². The molecule has 2 aromatic rings. The molecular formula is C11H9F3N2O2. The number of alkyl halides is 3. The van der Waals surface area contributed by atoms with Gasteiger partial charge in [-0.25, -0.2) is 0 Å². The number of para-hydroxylation sites is 1. The zero-order chi connectivity index (χ0) is 13.3. The number of rotatable bonds is 3. The van der Waals surface area contributed by atoms with E-state index in [9.17, 15) is 18.0 Å². The van der Waals surface area contributed by atoms with Gasteiger partial charge in [-0.2, -0.15) is 18.3 Å². The first-order chi connectivity index (χ1) is 8.39. The predicted octanol–water partition coefficient (Wildman–Crippen LogP) is 2.68. The summed E-state index contributed by atoms with van der Waals surface area (Å²) < 4.78 is 38.6. The number of halogens is 3. The van der Waals surface area contributed by atoms with Crippen molar-refractivity contribution in [2.24, 2.45) is 0 Å². The minimum absolute atomic E-state index is 0.208. The number of nitrogens with zero attached hydrogens (tertiary/aromatic N) is 1. The number of aromatic amines is 1. The highest BCUT2D eigenvalue weighted by Gasteiger charge is 2.43. The minimum Gasteiger partial charge on any atom is -0.481 e. The maximum absolute atomic E-state index is 12.9. The summed E-state index contributed by atoms with van der Waals surface area (Å²) >= 11 is 0. The summed E-state index contributed by atoms with van der Waals surface area (Å²) in [7, 11) is 0. The van der Waals surface area contributed by atoms with E-state index in [4.69, 9.17) is 5.11 Å². The van der Waals surface area contributed by atoms with Gasteiger partial charge in [0.2, 0.25) is 0 Å². The van der Waals surface area contributed by atoms with Crippen LogP contribution in [0.2, 0.25) is 0 Å². The van der Waals surface area contributed by atoms with Crippen molar-refractivity contribution in [3.05, 3.63) is 30.0 Å². The average Bonchev–Trinajstić information content (AvgIpc) is 2.67. The molecule has 0 saturated carbocycles. The maximum atomic E-state index is 12.9. The number of aliphatic carboxylic acids is 1. The molecule has 7 heteroatoms. The number of carboxylic acids is 1. The van der Waals surface area contributed by atoms with Gasteiger partial charge in [0.1, 0.15) is 5.92 Å². The maximum Gasteiger partial charge on any atom is 0.397 e. The van der Waals surface area contributed by atoms with Gasteiger partial charge in [-0.05, 0) is 6.07 Å². The second kappa shape index (κ2) is 4.32. The molecule has 1 aromatic carbocycles. The summed E-state index contributed by atoms with van der Waals surface area (Å²) in [4.78, 5) is 10.6. The number of benzene rings is 1. The number of carboxylic acid groups (broad SMARTS) is 1. The lowest BCUT2D eigenvalue weighted by molar-refractivity contribution is -0.163. The van der Waals surface area contributed by atoms with E-state index >= 15 is 0 Å². The normalized spacial score (nSPS) is 13.7. The predicted molar refractivity (Wildman–Crippen MR) is 57.1 cm³/mol. The Balaban J connectivity index is 2.51. The van der Waals surface area contributed by atoms with Crippen LogP contribution in [0, 0.1) is 0 Å². The quantitative estimate of drug-likeness (QED) is 0.889. The Kier molecular flexibility index (Phi) is 2.98. The molecule has 0 radical (unpaired) electrons. The van der Waals surface area contributed by atoms with Crippen molar-refractivity contribution in [3.63, 3.8) is 0 Å². The van der Waals surface area contributed by atoms with Crippen molar-refractivity contribution in [2.45, 2.75) is 18.5 Å². The summed E-state index contributed by atoms with van der Waals surface area (Å²) in [6, 6.07) is 6.26. The standard InChI is InChI=1S/C11H9F3N2O2/c12-11(13,14)7(5-9(17)18)10-6-3-1-2-4-8(6)15-16-10/h1-4,7H,5H2,(H,15,16)(H,17,18). The summed E-state index contributed by atoms with van der Waals surface area (Å²) in [6.07, 6.45) is -5.65. The second-order valence-corrected chi connectivity index (χ2v) is 3.85. The van der Waals surface area contributed by atoms with Crippen LogP contribution in [0.25, 0.3) is 10.9 Å². The summed E-state index contributed by atoms with van der Waals surface area (Å²) in [5.74, 6) is -3.58. The SMILES string of the molecule is O=C(O)CC(c1[nH]nc2ccccc12)C(F)(F)F. The second-order valence-electron chi connectivity index (χ2n) is 3.85. The fourth-order valence-corrected chi connectivity index (χ4v) is 1.80. The minimum atomic E-state index is -4.63. The van der Waals surface area contributed by atoms with E-state index in [0.717, 1.165) is 0 Å². The highest BCUT2D eigenvalue weighted by Crippen LogP contribution is 2.39. The van der Waals surface area contributed by atoms with Gasteiger partial charge >= 0.3 is 12.1 Å². The lowest BCUT2D eigenvalue weighted by Crippen LogP contribution is -2.24. The average molecular weight is 258 g/mol. The van der Waals surface area contributed by atoms with Gasteiger partial charge in [-0.15, -0.1) is 0 Å². The monoisotopic (exact) mass is 258 g/mol. The lowest BCUT2D eigenvalue weighted by Gasteiger charge is -2.17. The van der Waals surface area contributed by atoms with E-state index in [1.165, 1.54) is 6.07 Å². The number of H-pyrrole nitrogens is 1. The van der Waals surface area contributed by atoms with Gasteiger partial charge < -0.3 is 5.11 Å². The van der Waals surface area contributed by atoms with Crippen LogP contribution in [-0.4, -0.2) is 27.4 Å². The first-order valence-electron chi connectivity index (χ1n) is 5.11. The molecule has 0 fully saturated rings. The van der Waals surface area contributed by atoms with Crippen LogP contribution in [-0.2, 0) is 4.79 Å². The zero-order valence-electron chi connectivity index (χ0n) is 9.03. The van der Waals surface area contributed by atoms with Crippen LogP contribution in [0.1, 0.15) is 18.0 Å². The van der Waals surface area contributed by atoms with Gasteiger partial charge in [-0.1, -0.05) is 18.2 Å². The Morgan fingerprint density at radius 3 is 2.67 bits per heavy atom. The molecule has 0 amide bonds. The summed E-state index contributed by atoms with van der Waals surface area (Å²) in [5.41, 5.74) is 0.174. The molecular weight excluding hydrogens is 249 g/mol. The number of aromatic nitrogens is 2. The number of hydrogen-bond acceptors (Lipinski definition) is 2. The summed E-state index contributed by atoms with van der Waals surface area (Å²) in [5, 5.41) is 14.9. The van der Waals surface area contributed by atoms with Gasteiger partial charge in [0.25, 0.3) is 0 Å². The van der Waals surface area contributed by atoms with Crippen molar-refractivity contribution in [2.75, 3.05) is 0 Å². The molecule has 0 spiro atoms. The van der Waals surface area contributed by atoms with Crippen LogP contribution < -0.4 is 0 Å². The first kappa shape index (κ1) is 12.4. The topological polar surface area (TPSA) is 66.0 Å². The molecule has 2 rings (SSSR count). The third kappa shape index (κ3) is 2.29. The van der Waals surface area contributed by atoms with Gasteiger partial charge in [0.05, 0.1) is 17.6 Å². The molecule has 0 aliphatic carbocycles. The van der Waals surface area contributed by atoms with Gasteiger partial charge in [0, 0.05) is 5.39 Å². The van der Waals surface area contributed by atoms with E-state index in [0.29, 0.717) is 10.9 Å².